The summed E-state index contributed by atoms with van der Waals surface area (Å²) in [5, 5.41) is 4.48. The lowest BCUT2D eigenvalue weighted by Crippen LogP contribution is -2.46. The van der Waals surface area contributed by atoms with Gasteiger partial charge < -0.3 is 4.90 Å². The first-order valence-corrected chi connectivity index (χ1v) is 10.2. The standard InChI is InChI=1S/C19H19BrN8O/c1-13-22-17-9-21-10-18(28(17)24-13)26-6-4-25(5-7-26)12-15-8-19(29)27-11-14(20)2-3-16(27)23-15/h2-3,8-11H,4-7,12H2,1H3. The number of piperazine rings is 1. The second kappa shape index (κ2) is 7.20. The Morgan fingerprint density at radius 2 is 1.90 bits per heavy atom. The highest BCUT2D eigenvalue weighted by molar-refractivity contribution is 9.10. The monoisotopic (exact) mass is 454 g/mol. The van der Waals surface area contributed by atoms with Crippen LogP contribution in [0.25, 0.3) is 11.3 Å². The maximum Gasteiger partial charge on any atom is 0.258 e. The van der Waals surface area contributed by atoms with Crippen molar-refractivity contribution in [3.8, 4) is 0 Å². The molecule has 0 saturated carbocycles. The van der Waals surface area contributed by atoms with E-state index in [4.69, 9.17) is 0 Å². The van der Waals surface area contributed by atoms with Gasteiger partial charge in [-0.15, -0.1) is 5.10 Å². The molecule has 10 heteroatoms. The zero-order valence-corrected chi connectivity index (χ0v) is 17.4. The van der Waals surface area contributed by atoms with Crippen molar-refractivity contribution >= 4 is 33.0 Å². The van der Waals surface area contributed by atoms with Gasteiger partial charge in [0.25, 0.3) is 5.56 Å². The van der Waals surface area contributed by atoms with Crippen LogP contribution in [-0.4, -0.2) is 60.0 Å². The van der Waals surface area contributed by atoms with Gasteiger partial charge in [-0.05, 0) is 35.0 Å². The third-order valence-electron chi connectivity index (χ3n) is 5.09. The van der Waals surface area contributed by atoms with Crippen LogP contribution in [0, 0.1) is 6.92 Å². The number of fused-ring (bicyclic) bond motifs is 2. The first kappa shape index (κ1) is 18.2. The molecular weight excluding hydrogens is 436 g/mol. The van der Waals surface area contributed by atoms with Crippen molar-refractivity contribution in [3.05, 3.63) is 63.1 Å². The van der Waals surface area contributed by atoms with Gasteiger partial charge in [0, 0.05) is 49.5 Å². The van der Waals surface area contributed by atoms with Gasteiger partial charge in [-0.3, -0.25) is 19.1 Å². The van der Waals surface area contributed by atoms with E-state index in [1.807, 2.05) is 29.8 Å². The SMILES string of the molecule is Cc1nc2cncc(N3CCN(Cc4cc(=O)n5cc(Br)ccc5n4)CC3)n2n1. The Morgan fingerprint density at radius 1 is 1.07 bits per heavy atom. The Labute approximate surface area is 174 Å². The van der Waals surface area contributed by atoms with Crippen LogP contribution in [0.1, 0.15) is 11.5 Å². The van der Waals surface area contributed by atoms with E-state index in [-0.39, 0.29) is 5.56 Å². The fraction of sp³-hybridized carbons (Fsp3) is 0.316. The first-order valence-electron chi connectivity index (χ1n) is 9.39. The molecule has 9 nitrogen and oxygen atoms in total. The number of rotatable bonds is 3. The van der Waals surface area contributed by atoms with Crippen molar-refractivity contribution in [2.24, 2.45) is 0 Å². The topological polar surface area (TPSA) is 83.9 Å². The zero-order valence-electron chi connectivity index (χ0n) is 15.9. The van der Waals surface area contributed by atoms with Gasteiger partial charge in [-0.1, -0.05) is 0 Å². The summed E-state index contributed by atoms with van der Waals surface area (Å²) in [6.07, 6.45) is 5.30. The van der Waals surface area contributed by atoms with E-state index in [2.05, 4.69) is 45.8 Å². The van der Waals surface area contributed by atoms with Crippen LogP contribution < -0.4 is 10.5 Å². The van der Waals surface area contributed by atoms with E-state index in [0.29, 0.717) is 12.2 Å². The maximum atomic E-state index is 12.4. The number of aromatic nitrogens is 6. The fourth-order valence-electron chi connectivity index (χ4n) is 3.70. The molecule has 1 fully saturated rings. The van der Waals surface area contributed by atoms with Crippen LogP contribution in [0.3, 0.4) is 0 Å². The zero-order chi connectivity index (χ0) is 20.0. The predicted octanol–water partition coefficient (Wildman–Crippen LogP) is 1.53. The molecule has 0 amide bonds. The molecule has 5 heterocycles. The normalized spacial score (nSPS) is 15.4. The summed E-state index contributed by atoms with van der Waals surface area (Å²) in [6, 6.07) is 5.36. The van der Waals surface area contributed by atoms with Crippen LogP contribution in [0.2, 0.25) is 0 Å². The molecule has 0 N–H and O–H groups in total. The largest absolute Gasteiger partial charge is 0.353 e. The van der Waals surface area contributed by atoms with Crippen molar-refractivity contribution in [2.75, 3.05) is 31.1 Å². The number of nitrogens with zero attached hydrogens (tertiary/aromatic N) is 8. The molecule has 4 aromatic heterocycles. The average molecular weight is 455 g/mol. The van der Waals surface area contributed by atoms with Crippen LogP contribution >= 0.6 is 15.9 Å². The molecule has 29 heavy (non-hydrogen) atoms. The molecular formula is C19H19BrN8O. The minimum atomic E-state index is -0.0655. The number of pyridine rings is 1. The van der Waals surface area contributed by atoms with Crippen LogP contribution in [0.5, 0.6) is 0 Å². The lowest BCUT2D eigenvalue weighted by Gasteiger charge is -2.35. The van der Waals surface area contributed by atoms with E-state index >= 15 is 0 Å². The third kappa shape index (κ3) is 3.49. The molecule has 1 saturated heterocycles. The summed E-state index contributed by atoms with van der Waals surface area (Å²) in [5.74, 6) is 1.69. The maximum absolute atomic E-state index is 12.4. The summed E-state index contributed by atoms with van der Waals surface area (Å²) in [5.41, 5.74) is 2.15. The van der Waals surface area contributed by atoms with Crippen molar-refractivity contribution < 1.29 is 0 Å². The Hall–Kier alpha value is -2.85. The van der Waals surface area contributed by atoms with E-state index in [9.17, 15) is 4.79 Å². The van der Waals surface area contributed by atoms with Gasteiger partial charge in [-0.2, -0.15) is 4.52 Å². The number of hydrogen-bond donors (Lipinski definition) is 0. The van der Waals surface area contributed by atoms with Gasteiger partial charge >= 0.3 is 0 Å². The summed E-state index contributed by atoms with van der Waals surface area (Å²) in [4.78, 5) is 30.3. The quantitative estimate of drug-likeness (QED) is 0.463. The van der Waals surface area contributed by atoms with Gasteiger partial charge in [-0.25, -0.2) is 9.97 Å². The van der Waals surface area contributed by atoms with Gasteiger partial charge in [0.05, 0.1) is 18.1 Å². The second-order valence-corrected chi connectivity index (χ2v) is 8.03. The minimum Gasteiger partial charge on any atom is -0.353 e. The van der Waals surface area contributed by atoms with Crippen LogP contribution in [0.15, 0.2) is 46.1 Å². The molecule has 0 atom stereocenters. The van der Waals surface area contributed by atoms with Crippen molar-refractivity contribution in [2.45, 2.75) is 13.5 Å². The average Bonchev–Trinajstić information content (AvgIpc) is 3.09. The predicted molar refractivity (Wildman–Crippen MR) is 112 cm³/mol. The van der Waals surface area contributed by atoms with Gasteiger partial charge in [0.2, 0.25) is 0 Å². The molecule has 0 aliphatic carbocycles. The smallest absolute Gasteiger partial charge is 0.258 e. The fourth-order valence-corrected chi connectivity index (χ4v) is 4.03. The van der Waals surface area contributed by atoms with Gasteiger partial charge in [0.1, 0.15) is 11.5 Å². The molecule has 4 aromatic rings. The van der Waals surface area contributed by atoms with E-state index < -0.39 is 0 Å². The Bertz CT molecular complexity index is 1260. The molecule has 1 aliphatic rings. The van der Waals surface area contributed by atoms with E-state index in [1.54, 1.807) is 22.9 Å². The van der Waals surface area contributed by atoms with Gasteiger partial charge in [0.15, 0.2) is 11.5 Å². The highest BCUT2D eigenvalue weighted by atomic mass is 79.9. The number of aryl methyl sites for hydroxylation is 1. The minimum absolute atomic E-state index is 0.0655. The summed E-state index contributed by atoms with van der Waals surface area (Å²) in [6.45, 7) is 5.96. The second-order valence-electron chi connectivity index (χ2n) is 7.12. The molecule has 148 valence electrons. The molecule has 0 aromatic carbocycles. The Morgan fingerprint density at radius 3 is 2.72 bits per heavy atom. The van der Waals surface area contributed by atoms with E-state index in [1.165, 1.54) is 0 Å². The molecule has 0 radical (unpaired) electrons. The first-order chi connectivity index (χ1) is 14.1. The Balaban J connectivity index is 1.31. The Kier molecular flexibility index (Phi) is 4.51. The summed E-state index contributed by atoms with van der Waals surface area (Å²) < 4.78 is 4.26. The lowest BCUT2D eigenvalue weighted by molar-refractivity contribution is 0.246. The summed E-state index contributed by atoms with van der Waals surface area (Å²) >= 11 is 3.39. The third-order valence-corrected chi connectivity index (χ3v) is 5.56. The summed E-state index contributed by atoms with van der Waals surface area (Å²) in [7, 11) is 0. The number of anilines is 1. The molecule has 0 bridgehead atoms. The molecule has 1 aliphatic heterocycles. The lowest BCUT2D eigenvalue weighted by atomic mass is 10.2. The highest BCUT2D eigenvalue weighted by Gasteiger charge is 2.21. The number of hydrogen-bond acceptors (Lipinski definition) is 7. The highest BCUT2D eigenvalue weighted by Crippen LogP contribution is 2.17. The molecule has 5 rings (SSSR count). The van der Waals surface area contributed by atoms with Crippen molar-refractivity contribution in [1.82, 2.24) is 33.9 Å². The van der Waals surface area contributed by atoms with Crippen molar-refractivity contribution in [1.29, 1.82) is 0 Å². The molecule has 0 unspecified atom stereocenters. The van der Waals surface area contributed by atoms with E-state index in [0.717, 1.165) is 53.6 Å². The number of halogens is 1. The molecule has 0 spiro atoms. The van der Waals surface area contributed by atoms with Crippen LogP contribution in [-0.2, 0) is 6.54 Å². The van der Waals surface area contributed by atoms with Crippen molar-refractivity contribution in [3.63, 3.8) is 0 Å². The van der Waals surface area contributed by atoms with Crippen LogP contribution in [0.4, 0.5) is 5.82 Å².